The summed E-state index contributed by atoms with van der Waals surface area (Å²) in [4.78, 5) is 3.48. The molecule has 0 spiro atoms. The van der Waals surface area contributed by atoms with Gasteiger partial charge in [-0.25, -0.2) is 18.2 Å². The SMILES string of the molecule is N#CCc1nc(N)cc(F)c1C(F)F. The molecule has 0 atom stereocenters. The third-order valence-electron chi connectivity index (χ3n) is 1.57. The molecule has 74 valence electrons. The van der Waals surface area contributed by atoms with E-state index in [1.807, 2.05) is 0 Å². The number of hydrogen-bond acceptors (Lipinski definition) is 3. The topological polar surface area (TPSA) is 62.7 Å². The summed E-state index contributed by atoms with van der Waals surface area (Å²) in [5.41, 5.74) is 4.00. The van der Waals surface area contributed by atoms with Gasteiger partial charge >= 0.3 is 0 Å². The Labute approximate surface area is 78.0 Å². The van der Waals surface area contributed by atoms with Gasteiger partial charge in [-0.15, -0.1) is 0 Å². The second kappa shape index (κ2) is 3.96. The molecule has 0 bridgehead atoms. The van der Waals surface area contributed by atoms with Gasteiger partial charge in [-0.2, -0.15) is 5.26 Å². The van der Waals surface area contributed by atoms with Gasteiger partial charge in [-0.3, -0.25) is 0 Å². The average molecular weight is 201 g/mol. The normalized spacial score (nSPS) is 10.2. The van der Waals surface area contributed by atoms with Gasteiger partial charge in [0.25, 0.3) is 6.43 Å². The molecule has 1 aromatic rings. The average Bonchev–Trinajstić information content (AvgIpc) is 2.01. The first-order valence-electron chi connectivity index (χ1n) is 3.66. The van der Waals surface area contributed by atoms with E-state index in [-0.39, 0.29) is 17.9 Å². The molecule has 6 heteroatoms. The van der Waals surface area contributed by atoms with Crippen molar-refractivity contribution < 1.29 is 13.2 Å². The Morgan fingerprint density at radius 1 is 1.57 bits per heavy atom. The minimum atomic E-state index is -2.99. The fourth-order valence-corrected chi connectivity index (χ4v) is 1.03. The highest BCUT2D eigenvalue weighted by atomic mass is 19.3. The first-order chi connectivity index (χ1) is 6.56. The lowest BCUT2D eigenvalue weighted by Crippen LogP contribution is -2.04. The van der Waals surface area contributed by atoms with E-state index in [2.05, 4.69) is 4.98 Å². The Kier molecular flexibility index (Phi) is 2.92. The molecule has 2 N–H and O–H groups in total. The van der Waals surface area contributed by atoms with E-state index >= 15 is 0 Å². The first-order valence-corrected chi connectivity index (χ1v) is 3.66. The zero-order valence-electron chi connectivity index (χ0n) is 6.97. The van der Waals surface area contributed by atoms with Crippen molar-refractivity contribution >= 4 is 5.82 Å². The minimum Gasteiger partial charge on any atom is -0.384 e. The largest absolute Gasteiger partial charge is 0.384 e. The molecule has 0 saturated heterocycles. The number of nitrogens with zero attached hydrogens (tertiary/aromatic N) is 2. The van der Waals surface area contributed by atoms with Gasteiger partial charge in [0.15, 0.2) is 0 Å². The molecule has 0 aliphatic rings. The molecule has 0 fully saturated rings. The van der Waals surface area contributed by atoms with Crippen LogP contribution in [-0.2, 0) is 6.42 Å². The van der Waals surface area contributed by atoms with Crippen LogP contribution in [0.2, 0.25) is 0 Å². The van der Waals surface area contributed by atoms with E-state index < -0.39 is 17.8 Å². The third kappa shape index (κ3) is 1.93. The van der Waals surface area contributed by atoms with Crippen LogP contribution in [0, 0.1) is 17.1 Å². The number of nitriles is 1. The maximum absolute atomic E-state index is 13.0. The van der Waals surface area contributed by atoms with Gasteiger partial charge in [-0.1, -0.05) is 0 Å². The molecule has 3 nitrogen and oxygen atoms in total. The first kappa shape index (κ1) is 10.3. The van der Waals surface area contributed by atoms with Gasteiger partial charge in [0.2, 0.25) is 0 Å². The number of anilines is 1. The van der Waals surface area contributed by atoms with Crippen molar-refractivity contribution in [3.05, 3.63) is 23.1 Å². The summed E-state index contributed by atoms with van der Waals surface area (Å²) in [6.45, 7) is 0. The molecule has 0 saturated carbocycles. The number of rotatable bonds is 2. The lowest BCUT2D eigenvalue weighted by Gasteiger charge is -2.07. The fourth-order valence-electron chi connectivity index (χ4n) is 1.03. The number of nitrogens with two attached hydrogens (primary N) is 1. The van der Waals surface area contributed by atoms with E-state index in [9.17, 15) is 13.2 Å². The fraction of sp³-hybridized carbons (Fsp3) is 0.250. The van der Waals surface area contributed by atoms with Crippen LogP contribution in [0.5, 0.6) is 0 Å². The van der Waals surface area contributed by atoms with E-state index in [0.29, 0.717) is 6.07 Å². The van der Waals surface area contributed by atoms with E-state index in [0.717, 1.165) is 0 Å². The Hall–Kier alpha value is -1.77. The number of halogens is 3. The highest BCUT2D eigenvalue weighted by molar-refractivity contribution is 5.37. The zero-order chi connectivity index (χ0) is 10.7. The summed E-state index contributed by atoms with van der Waals surface area (Å²) in [6.07, 6.45) is -3.38. The zero-order valence-corrected chi connectivity index (χ0v) is 6.97. The molecule has 1 rings (SSSR count). The van der Waals surface area contributed by atoms with E-state index in [1.165, 1.54) is 0 Å². The molecule has 0 aliphatic carbocycles. The maximum Gasteiger partial charge on any atom is 0.268 e. The van der Waals surface area contributed by atoms with Crippen LogP contribution in [0.1, 0.15) is 17.7 Å². The van der Waals surface area contributed by atoms with Crippen LogP contribution >= 0.6 is 0 Å². The van der Waals surface area contributed by atoms with Gasteiger partial charge in [0.05, 0.1) is 23.7 Å². The Morgan fingerprint density at radius 3 is 2.71 bits per heavy atom. The molecule has 0 aliphatic heterocycles. The number of alkyl halides is 2. The molecule has 0 amide bonds. The predicted octanol–water partition coefficient (Wildman–Crippen LogP) is 1.81. The minimum absolute atomic E-state index is 0.211. The molecular formula is C8H6F3N3. The summed E-state index contributed by atoms with van der Waals surface area (Å²) < 4.78 is 37.6. The van der Waals surface area contributed by atoms with Crippen LogP contribution in [0.15, 0.2) is 6.07 Å². The molecule has 0 unspecified atom stereocenters. The molecule has 0 radical (unpaired) electrons. The van der Waals surface area contributed by atoms with Crippen LogP contribution in [0.25, 0.3) is 0 Å². The Morgan fingerprint density at radius 2 is 2.21 bits per heavy atom. The van der Waals surface area contributed by atoms with Crippen molar-refractivity contribution in [2.75, 3.05) is 5.73 Å². The monoisotopic (exact) mass is 201 g/mol. The van der Waals surface area contributed by atoms with E-state index in [4.69, 9.17) is 11.0 Å². The van der Waals surface area contributed by atoms with Gasteiger partial charge < -0.3 is 5.73 Å². The summed E-state index contributed by atoms with van der Waals surface area (Å²) in [7, 11) is 0. The van der Waals surface area contributed by atoms with Crippen LogP contribution < -0.4 is 5.73 Å². The Bertz CT molecular complexity index is 384. The number of pyridine rings is 1. The highest BCUT2D eigenvalue weighted by Crippen LogP contribution is 2.26. The van der Waals surface area contributed by atoms with Crippen LogP contribution in [-0.4, -0.2) is 4.98 Å². The molecular weight excluding hydrogens is 195 g/mol. The second-order valence-corrected chi connectivity index (χ2v) is 2.52. The smallest absolute Gasteiger partial charge is 0.268 e. The predicted molar refractivity (Wildman–Crippen MR) is 42.9 cm³/mol. The number of aromatic nitrogens is 1. The van der Waals surface area contributed by atoms with Gasteiger partial charge in [-0.05, 0) is 0 Å². The van der Waals surface area contributed by atoms with Crippen molar-refractivity contribution in [1.29, 1.82) is 5.26 Å². The van der Waals surface area contributed by atoms with Crippen molar-refractivity contribution in [3.8, 4) is 6.07 Å². The molecule has 1 heterocycles. The van der Waals surface area contributed by atoms with Crippen molar-refractivity contribution in [3.63, 3.8) is 0 Å². The van der Waals surface area contributed by atoms with Gasteiger partial charge in [0.1, 0.15) is 11.6 Å². The van der Waals surface area contributed by atoms with Crippen molar-refractivity contribution in [2.45, 2.75) is 12.8 Å². The molecule has 0 aromatic carbocycles. The second-order valence-electron chi connectivity index (χ2n) is 2.52. The van der Waals surface area contributed by atoms with Crippen molar-refractivity contribution in [1.82, 2.24) is 4.98 Å². The highest BCUT2D eigenvalue weighted by Gasteiger charge is 2.20. The number of nitrogen functional groups attached to an aromatic ring is 1. The Balaban J connectivity index is 3.30. The number of hydrogen-bond donors (Lipinski definition) is 1. The van der Waals surface area contributed by atoms with Crippen molar-refractivity contribution in [2.24, 2.45) is 0 Å². The molecule has 1 aromatic heterocycles. The van der Waals surface area contributed by atoms with Crippen LogP contribution in [0.3, 0.4) is 0 Å². The summed E-state index contributed by atoms with van der Waals surface area (Å²) in [5.74, 6) is -1.34. The summed E-state index contributed by atoms with van der Waals surface area (Å²) in [5, 5.41) is 8.31. The summed E-state index contributed by atoms with van der Waals surface area (Å²) >= 11 is 0. The summed E-state index contributed by atoms with van der Waals surface area (Å²) in [6, 6.07) is 2.33. The lowest BCUT2D eigenvalue weighted by atomic mass is 10.1. The van der Waals surface area contributed by atoms with Crippen LogP contribution in [0.4, 0.5) is 19.0 Å². The third-order valence-corrected chi connectivity index (χ3v) is 1.57. The molecule has 14 heavy (non-hydrogen) atoms. The quantitative estimate of drug-likeness (QED) is 0.793. The van der Waals surface area contributed by atoms with Gasteiger partial charge in [0, 0.05) is 6.07 Å². The maximum atomic E-state index is 13.0. The standard InChI is InChI=1S/C8H6F3N3/c9-4-3-6(13)14-5(1-2-12)7(4)8(10)11/h3,8H,1H2,(H2,13,14). The van der Waals surface area contributed by atoms with E-state index in [1.54, 1.807) is 6.07 Å². The lowest BCUT2D eigenvalue weighted by molar-refractivity contribution is 0.144.